The van der Waals surface area contributed by atoms with Crippen molar-refractivity contribution in [2.24, 2.45) is 0 Å². The van der Waals surface area contributed by atoms with Crippen LogP contribution in [0.15, 0.2) is 42.5 Å². The van der Waals surface area contributed by atoms with Crippen LogP contribution in [0.25, 0.3) is 16.7 Å². The molecule has 1 aromatic heterocycles. The monoisotopic (exact) mass is 300 g/mol. The Labute approximate surface area is 127 Å². The van der Waals surface area contributed by atoms with Crippen molar-refractivity contribution in [2.45, 2.75) is 6.61 Å². The van der Waals surface area contributed by atoms with Crippen molar-refractivity contribution in [3.05, 3.63) is 52.8 Å². The molecule has 0 unspecified atom stereocenters. The Bertz CT molecular complexity index is 836. The molecule has 0 atom stereocenters. The predicted octanol–water partition coefficient (Wildman–Crippen LogP) is 3.84. The fourth-order valence-corrected chi connectivity index (χ4v) is 2.77. The second-order valence-corrected chi connectivity index (χ2v) is 5.10. The minimum atomic E-state index is 0.542. The van der Waals surface area contributed by atoms with Gasteiger partial charge in [0, 0.05) is 18.7 Å². The molecule has 21 heavy (non-hydrogen) atoms. The van der Waals surface area contributed by atoms with Crippen LogP contribution in [0, 0.1) is 4.77 Å². The van der Waals surface area contributed by atoms with Crippen molar-refractivity contribution in [3.8, 4) is 11.4 Å². The van der Waals surface area contributed by atoms with Crippen LogP contribution in [0.4, 0.5) is 0 Å². The fourth-order valence-electron chi connectivity index (χ4n) is 2.46. The first-order valence-corrected chi connectivity index (χ1v) is 7.01. The first-order valence-electron chi connectivity index (χ1n) is 6.60. The van der Waals surface area contributed by atoms with Crippen molar-refractivity contribution in [3.63, 3.8) is 0 Å². The molecule has 0 fully saturated rings. The number of hydrogen-bond donors (Lipinski definition) is 1. The Hall–Kier alpha value is -2.11. The lowest BCUT2D eigenvalue weighted by Gasteiger charge is -2.11. The maximum atomic E-state index is 5.48. The zero-order chi connectivity index (χ0) is 14.8. The molecule has 0 saturated carbocycles. The number of nitrogens with one attached hydrogen (secondary N) is 1. The van der Waals surface area contributed by atoms with E-state index in [4.69, 9.17) is 21.7 Å². The van der Waals surface area contributed by atoms with Gasteiger partial charge in [-0.1, -0.05) is 18.2 Å². The number of hydrogen-bond acceptors (Lipinski definition) is 3. The largest absolute Gasteiger partial charge is 0.497 e. The van der Waals surface area contributed by atoms with Gasteiger partial charge < -0.3 is 14.5 Å². The highest BCUT2D eigenvalue weighted by Crippen LogP contribution is 2.25. The van der Waals surface area contributed by atoms with Crippen LogP contribution >= 0.6 is 12.2 Å². The Morgan fingerprint density at radius 3 is 2.71 bits per heavy atom. The molecule has 2 aromatic carbocycles. The normalized spacial score (nSPS) is 11.0. The van der Waals surface area contributed by atoms with Crippen LogP contribution in [-0.4, -0.2) is 23.8 Å². The van der Waals surface area contributed by atoms with E-state index >= 15 is 0 Å². The van der Waals surface area contributed by atoms with Gasteiger partial charge in [0.25, 0.3) is 0 Å². The predicted molar refractivity (Wildman–Crippen MR) is 85.7 cm³/mol. The lowest BCUT2D eigenvalue weighted by molar-refractivity contribution is 0.185. The molecule has 4 nitrogen and oxygen atoms in total. The topological polar surface area (TPSA) is 39.2 Å². The van der Waals surface area contributed by atoms with E-state index in [0.717, 1.165) is 28.0 Å². The van der Waals surface area contributed by atoms with Crippen molar-refractivity contribution in [2.75, 3.05) is 14.2 Å². The molecule has 0 spiro atoms. The second kappa shape index (κ2) is 5.71. The van der Waals surface area contributed by atoms with Gasteiger partial charge in [-0.15, -0.1) is 0 Å². The first kappa shape index (κ1) is 13.9. The molecule has 1 heterocycles. The Kier molecular flexibility index (Phi) is 3.77. The molecule has 0 saturated heterocycles. The van der Waals surface area contributed by atoms with E-state index in [2.05, 4.69) is 4.98 Å². The number of ether oxygens (including phenoxy) is 2. The van der Waals surface area contributed by atoms with E-state index in [0.29, 0.717) is 11.4 Å². The molecule has 0 amide bonds. The molecule has 0 bridgehead atoms. The third-order valence-corrected chi connectivity index (χ3v) is 3.71. The first-order chi connectivity index (χ1) is 10.2. The van der Waals surface area contributed by atoms with Gasteiger partial charge >= 0.3 is 0 Å². The second-order valence-electron chi connectivity index (χ2n) is 4.71. The summed E-state index contributed by atoms with van der Waals surface area (Å²) in [6.07, 6.45) is 0. The van der Waals surface area contributed by atoms with Crippen molar-refractivity contribution in [1.29, 1.82) is 0 Å². The van der Waals surface area contributed by atoms with Crippen molar-refractivity contribution in [1.82, 2.24) is 9.55 Å². The summed E-state index contributed by atoms with van der Waals surface area (Å²) >= 11 is 5.48. The minimum absolute atomic E-state index is 0.542. The number of H-pyrrole nitrogens is 1. The summed E-state index contributed by atoms with van der Waals surface area (Å²) in [5.74, 6) is 0.802. The van der Waals surface area contributed by atoms with Gasteiger partial charge in [0.05, 0.1) is 30.4 Å². The number of benzene rings is 2. The highest BCUT2D eigenvalue weighted by Gasteiger charge is 2.10. The van der Waals surface area contributed by atoms with E-state index in [-0.39, 0.29) is 0 Å². The van der Waals surface area contributed by atoms with E-state index in [9.17, 15) is 0 Å². The number of imidazole rings is 1. The van der Waals surface area contributed by atoms with Crippen LogP contribution < -0.4 is 4.74 Å². The molecule has 0 aliphatic carbocycles. The fraction of sp³-hybridized carbons (Fsp3) is 0.188. The highest BCUT2D eigenvalue weighted by molar-refractivity contribution is 7.71. The Morgan fingerprint density at radius 2 is 1.95 bits per heavy atom. The van der Waals surface area contributed by atoms with E-state index < -0.39 is 0 Å². The summed E-state index contributed by atoms with van der Waals surface area (Å²) in [5, 5.41) is 0. The number of rotatable bonds is 4. The maximum absolute atomic E-state index is 5.48. The van der Waals surface area contributed by atoms with Gasteiger partial charge in [-0.05, 0) is 30.4 Å². The summed E-state index contributed by atoms with van der Waals surface area (Å²) in [7, 11) is 3.34. The number of aromatic nitrogens is 2. The van der Waals surface area contributed by atoms with Gasteiger partial charge in [0.15, 0.2) is 4.77 Å². The smallest absolute Gasteiger partial charge is 0.182 e. The van der Waals surface area contributed by atoms with Gasteiger partial charge in [-0.25, -0.2) is 0 Å². The summed E-state index contributed by atoms with van der Waals surface area (Å²) < 4.78 is 13.2. The maximum Gasteiger partial charge on any atom is 0.182 e. The van der Waals surface area contributed by atoms with E-state index in [1.54, 1.807) is 14.2 Å². The lowest BCUT2D eigenvalue weighted by Crippen LogP contribution is -2.00. The van der Waals surface area contributed by atoms with Crippen LogP contribution in [-0.2, 0) is 11.3 Å². The molecule has 0 aliphatic rings. The molecule has 0 aliphatic heterocycles. The third-order valence-electron chi connectivity index (χ3n) is 3.42. The van der Waals surface area contributed by atoms with Crippen LogP contribution in [0.1, 0.15) is 5.56 Å². The molecular formula is C16H16N2O2S. The molecule has 1 N–H and O–H groups in total. The quantitative estimate of drug-likeness (QED) is 0.744. The number of nitrogens with zero attached hydrogens (tertiary/aromatic N) is 1. The van der Waals surface area contributed by atoms with Crippen molar-refractivity contribution < 1.29 is 9.47 Å². The van der Waals surface area contributed by atoms with Crippen LogP contribution in [0.5, 0.6) is 5.75 Å². The molecule has 0 radical (unpaired) electrons. The zero-order valence-corrected chi connectivity index (χ0v) is 12.7. The molecular weight excluding hydrogens is 284 g/mol. The average molecular weight is 300 g/mol. The molecule has 3 aromatic rings. The standard InChI is InChI=1S/C16H16N2O2S/c1-19-10-11-5-3-4-6-14(11)18-15-8-7-12(20-2)9-13(15)17-16(18)21/h3-9H,10H2,1-2H3,(H,17,21). The third kappa shape index (κ3) is 2.46. The summed E-state index contributed by atoms with van der Waals surface area (Å²) in [4.78, 5) is 3.23. The van der Waals surface area contributed by atoms with E-state index in [1.165, 1.54) is 0 Å². The van der Waals surface area contributed by atoms with Crippen LogP contribution in [0.3, 0.4) is 0 Å². The molecule has 5 heteroatoms. The zero-order valence-electron chi connectivity index (χ0n) is 11.9. The number of para-hydroxylation sites is 1. The van der Waals surface area contributed by atoms with E-state index in [1.807, 2.05) is 47.0 Å². The summed E-state index contributed by atoms with van der Waals surface area (Å²) in [6, 6.07) is 14.0. The molecule has 108 valence electrons. The number of fused-ring (bicyclic) bond motifs is 1. The Balaban J connectivity index is 2.26. The average Bonchev–Trinajstić information content (AvgIpc) is 2.83. The molecule has 3 rings (SSSR count). The highest BCUT2D eigenvalue weighted by atomic mass is 32.1. The van der Waals surface area contributed by atoms with Crippen LogP contribution in [0.2, 0.25) is 0 Å². The Morgan fingerprint density at radius 1 is 1.14 bits per heavy atom. The summed E-state index contributed by atoms with van der Waals surface area (Å²) in [6.45, 7) is 0.542. The van der Waals surface area contributed by atoms with Gasteiger partial charge in [0.2, 0.25) is 0 Å². The lowest BCUT2D eigenvalue weighted by atomic mass is 10.2. The van der Waals surface area contributed by atoms with Gasteiger partial charge in [-0.3, -0.25) is 4.57 Å². The SMILES string of the molecule is COCc1ccccc1-n1c(=S)[nH]c2cc(OC)ccc21. The number of aromatic amines is 1. The van der Waals surface area contributed by atoms with Gasteiger partial charge in [0.1, 0.15) is 5.75 Å². The minimum Gasteiger partial charge on any atom is -0.497 e. The number of methoxy groups -OCH3 is 2. The van der Waals surface area contributed by atoms with Gasteiger partial charge in [-0.2, -0.15) is 0 Å². The van der Waals surface area contributed by atoms with Crippen molar-refractivity contribution >= 4 is 23.3 Å². The summed E-state index contributed by atoms with van der Waals surface area (Å²) in [5.41, 5.74) is 4.09.